The minimum Gasteiger partial charge on any atom is -0.465 e. The van der Waals surface area contributed by atoms with Gasteiger partial charge in [-0.15, -0.1) is 0 Å². The number of alkyl halides is 3. The van der Waals surface area contributed by atoms with Gasteiger partial charge in [0.1, 0.15) is 17.6 Å². The van der Waals surface area contributed by atoms with Crippen molar-refractivity contribution in [2.45, 2.75) is 24.4 Å². The van der Waals surface area contributed by atoms with Crippen molar-refractivity contribution >= 4 is 41.0 Å². The van der Waals surface area contributed by atoms with Crippen LogP contribution in [0.4, 0.5) is 23.8 Å². The smallest absolute Gasteiger partial charge is 0.416 e. The van der Waals surface area contributed by atoms with E-state index in [0.717, 1.165) is 4.68 Å². The molecule has 13 heteroatoms. The Balaban J connectivity index is 2.32. The average Bonchev–Trinajstić information content (AvgIpc) is 3.32. The minimum absolute atomic E-state index is 0.0815. The Kier molecular flexibility index (Phi) is 4.88. The fraction of sp³-hybridized carbons (Fsp3) is 0.250. The first-order chi connectivity index (χ1) is 13.4. The zero-order valence-electron chi connectivity index (χ0n) is 14.1. The lowest BCUT2D eigenvalue weighted by atomic mass is 9.94. The number of nitriles is 1. The Morgan fingerprint density at radius 3 is 2.24 bits per heavy atom. The molecule has 152 valence electrons. The SMILES string of the molecule is N#Cc1nn(-c2c(Cl)cc(C(F)(F)F)cc2Cl)c(NC(=O)O)c1C1(C(N)=O)CC1. The number of aromatic nitrogens is 2. The van der Waals surface area contributed by atoms with Crippen LogP contribution in [-0.4, -0.2) is 26.9 Å². The summed E-state index contributed by atoms with van der Waals surface area (Å²) in [5.74, 6) is -1.15. The fourth-order valence-corrected chi connectivity index (χ4v) is 3.65. The Bertz CT molecular complexity index is 1060. The van der Waals surface area contributed by atoms with Gasteiger partial charge in [0, 0.05) is 5.56 Å². The summed E-state index contributed by atoms with van der Waals surface area (Å²) in [7, 11) is 0. The van der Waals surface area contributed by atoms with E-state index in [1.54, 1.807) is 6.07 Å². The third-order valence-corrected chi connectivity index (χ3v) is 5.05. The van der Waals surface area contributed by atoms with Crippen molar-refractivity contribution in [3.63, 3.8) is 0 Å². The molecule has 2 amide bonds. The molecule has 0 bridgehead atoms. The second kappa shape index (κ2) is 6.82. The van der Waals surface area contributed by atoms with Gasteiger partial charge in [-0.2, -0.15) is 23.5 Å². The highest BCUT2D eigenvalue weighted by molar-refractivity contribution is 6.38. The van der Waals surface area contributed by atoms with Crippen LogP contribution in [0.25, 0.3) is 5.69 Å². The van der Waals surface area contributed by atoms with Crippen molar-refractivity contribution in [2.24, 2.45) is 5.73 Å². The van der Waals surface area contributed by atoms with Gasteiger partial charge in [-0.1, -0.05) is 23.2 Å². The second-order valence-corrected chi connectivity index (χ2v) is 7.07. The quantitative estimate of drug-likeness (QED) is 0.656. The third-order valence-electron chi connectivity index (χ3n) is 4.47. The molecule has 8 nitrogen and oxygen atoms in total. The Morgan fingerprint density at radius 1 is 1.31 bits per heavy atom. The van der Waals surface area contributed by atoms with Gasteiger partial charge in [0.2, 0.25) is 5.91 Å². The molecule has 1 aromatic carbocycles. The Hall–Kier alpha value is -2.97. The molecule has 2 aromatic rings. The average molecular weight is 448 g/mol. The zero-order valence-corrected chi connectivity index (χ0v) is 15.7. The molecule has 0 spiro atoms. The largest absolute Gasteiger partial charge is 0.465 e. The number of hydrogen-bond donors (Lipinski definition) is 3. The number of carboxylic acid groups (broad SMARTS) is 1. The third kappa shape index (κ3) is 3.45. The summed E-state index contributed by atoms with van der Waals surface area (Å²) in [6.07, 6.45) is -5.82. The zero-order chi connectivity index (χ0) is 21.7. The van der Waals surface area contributed by atoms with Gasteiger partial charge >= 0.3 is 12.3 Å². The first-order valence-electron chi connectivity index (χ1n) is 7.82. The van der Waals surface area contributed by atoms with Gasteiger partial charge in [-0.25, -0.2) is 9.48 Å². The summed E-state index contributed by atoms with van der Waals surface area (Å²) in [6.45, 7) is 0. The van der Waals surface area contributed by atoms with Gasteiger partial charge in [-0.3, -0.25) is 10.1 Å². The number of nitrogens with one attached hydrogen (secondary N) is 1. The maximum absolute atomic E-state index is 13.0. The molecular formula is C16H10Cl2F3N5O3. The van der Waals surface area contributed by atoms with E-state index in [-0.39, 0.29) is 35.6 Å². The Morgan fingerprint density at radius 2 is 1.86 bits per heavy atom. The summed E-state index contributed by atoms with van der Waals surface area (Å²) in [5.41, 5.74) is 2.25. The molecule has 0 radical (unpaired) electrons. The van der Waals surface area contributed by atoms with E-state index in [2.05, 4.69) is 5.10 Å². The molecule has 1 saturated carbocycles. The van der Waals surface area contributed by atoms with Gasteiger partial charge in [-0.05, 0) is 25.0 Å². The van der Waals surface area contributed by atoms with E-state index in [9.17, 15) is 33.1 Å². The van der Waals surface area contributed by atoms with Crippen molar-refractivity contribution in [3.8, 4) is 11.8 Å². The Labute approximate surface area is 170 Å². The predicted molar refractivity (Wildman–Crippen MR) is 95.1 cm³/mol. The number of primary amides is 1. The summed E-state index contributed by atoms with van der Waals surface area (Å²) in [6, 6.07) is 2.91. The summed E-state index contributed by atoms with van der Waals surface area (Å²) >= 11 is 12.0. The molecule has 4 N–H and O–H groups in total. The van der Waals surface area contributed by atoms with Gasteiger partial charge in [0.15, 0.2) is 5.69 Å². The number of carbonyl (C=O) groups is 2. The molecule has 1 heterocycles. The van der Waals surface area contributed by atoms with E-state index in [0.29, 0.717) is 12.1 Å². The first kappa shape index (κ1) is 20.8. The van der Waals surface area contributed by atoms with Crippen LogP contribution in [0.3, 0.4) is 0 Å². The normalized spacial score (nSPS) is 14.9. The number of nitrogens with zero attached hydrogens (tertiary/aromatic N) is 3. The van der Waals surface area contributed by atoms with Crippen LogP contribution < -0.4 is 11.1 Å². The molecule has 0 saturated heterocycles. The summed E-state index contributed by atoms with van der Waals surface area (Å²) in [5, 5.41) is 23.6. The summed E-state index contributed by atoms with van der Waals surface area (Å²) < 4.78 is 39.7. The summed E-state index contributed by atoms with van der Waals surface area (Å²) in [4.78, 5) is 23.3. The van der Waals surface area contributed by atoms with E-state index < -0.39 is 39.2 Å². The lowest BCUT2D eigenvalue weighted by Crippen LogP contribution is -2.30. The predicted octanol–water partition coefficient (Wildman–Crippen LogP) is 3.68. The number of halogens is 5. The number of anilines is 1. The van der Waals surface area contributed by atoms with Gasteiger partial charge in [0.25, 0.3) is 0 Å². The van der Waals surface area contributed by atoms with Crippen LogP contribution in [0.5, 0.6) is 0 Å². The molecule has 1 aromatic heterocycles. The van der Waals surface area contributed by atoms with E-state index in [1.807, 2.05) is 5.32 Å². The first-order valence-corrected chi connectivity index (χ1v) is 8.58. The lowest BCUT2D eigenvalue weighted by molar-refractivity contribution is -0.137. The number of carbonyl (C=O) groups excluding carboxylic acids is 1. The highest BCUT2D eigenvalue weighted by Gasteiger charge is 2.55. The van der Waals surface area contributed by atoms with E-state index in [1.165, 1.54) is 0 Å². The molecule has 0 atom stereocenters. The molecule has 1 aliphatic rings. The minimum atomic E-state index is -4.73. The van der Waals surface area contributed by atoms with Crippen molar-refractivity contribution in [1.29, 1.82) is 5.26 Å². The van der Waals surface area contributed by atoms with Crippen LogP contribution in [0, 0.1) is 11.3 Å². The number of nitrogens with two attached hydrogens (primary N) is 1. The van der Waals surface area contributed by atoms with Crippen molar-refractivity contribution < 1.29 is 27.9 Å². The van der Waals surface area contributed by atoms with Crippen LogP contribution in [-0.2, 0) is 16.4 Å². The van der Waals surface area contributed by atoms with E-state index in [4.69, 9.17) is 28.9 Å². The highest BCUT2D eigenvalue weighted by atomic mass is 35.5. The molecule has 1 aliphatic carbocycles. The molecular weight excluding hydrogens is 438 g/mol. The maximum atomic E-state index is 13.0. The standard InChI is InChI=1S/C16H10Cl2F3N5O3/c17-7-3-6(16(19,20)21)4-8(18)11(7)26-12(24-14(28)29)10(9(5-22)25-26)15(1-2-15)13(23)27/h3-4,24H,1-2H2,(H2,23,27)(H,28,29). The second-order valence-electron chi connectivity index (χ2n) is 6.26. The monoisotopic (exact) mass is 447 g/mol. The number of hydrogen-bond acceptors (Lipinski definition) is 4. The lowest BCUT2D eigenvalue weighted by Gasteiger charge is -2.16. The van der Waals surface area contributed by atoms with Gasteiger partial charge < -0.3 is 10.8 Å². The van der Waals surface area contributed by atoms with E-state index >= 15 is 0 Å². The number of rotatable bonds is 4. The molecule has 0 aliphatic heterocycles. The molecule has 3 rings (SSSR count). The van der Waals surface area contributed by atoms with Crippen molar-refractivity contribution in [2.75, 3.05) is 5.32 Å². The fourth-order valence-electron chi connectivity index (χ4n) is 3.00. The van der Waals surface area contributed by atoms with Crippen molar-refractivity contribution in [3.05, 3.63) is 39.0 Å². The van der Waals surface area contributed by atoms with Crippen LogP contribution in [0.1, 0.15) is 29.7 Å². The number of benzene rings is 1. The van der Waals surface area contributed by atoms with Crippen LogP contribution in [0.2, 0.25) is 10.0 Å². The van der Waals surface area contributed by atoms with Crippen LogP contribution >= 0.6 is 23.2 Å². The molecule has 29 heavy (non-hydrogen) atoms. The van der Waals surface area contributed by atoms with Crippen LogP contribution in [0.15, 0.2) is 12.1 Å². The molecule has 1 fully saturated rings. The molecule has 0 unspecified atom stereocenters. The number of amides is 2. The van der Waals surface area contributed by atoms with Crippen molar-refractivity contribution in [1.82, 2.24) is 9.78 Å². The topological polar surface area (TPSA) is 134 Å². The highest BCUT2D eigenvalue weighted by Crippen LogP contribution is 2.52. The van der Waals surface area contributed by atoms with Gasteiger partial charge in [0.05, 0.1) is 21.0 Å². The maximum Gasteiger partial charge on any atom is 0.416 e.